The van der Waals surface area contributed by atoms with E-state index in [2.05, 4.69) is 15.0 Å². The molecule has 2 aromatic rings. The summed E-state index contributed by atoms with van der Waals surface area (Å²) in [6, 6.07) is 5.59. The summed E-state index contributed by atoms with van der Waals surface area (Å²) < 4.78 is 43.1. The van der Waals surface area contributed by atoms with E-state index < -0.39 is 6.36 Å². The van der Waals surface area contributed by atoms with E-state index >= 15 is 0 Å². The predicted octanol–water partition coefficient (Wildman–Crippen LogP) is 4.65. The van der Waals surface area contributed by atoms with Crippen molar-refractivity contribution in [2.75, 3.05) is 6.54 Å². The van der Waals surface area contributed by atoms with Crippen molar-refractivity contribution in [3.8, 4) is 17.0 Å². The molecular formula is C22H26F3N3O3S. The third-order valence-corrected chi connectivity index (χ3v) is 6.14. The minimum Gasteiger partial charge on any atom is -0.406 e. The van der Waals surface area contributed by atoms with E-state index in [9.17, 15) is 22.8 Å². The van der Waals surface area contributed by atoms with Crippen LogP contribution in [0.25, 0.3) is 11.3 Å². The highest BCUT2D eigenvalue weighted by Crippen LogP contribution is 2.28. The van der Waals surface area contributed by atoms with Crippen molar-refractivity contribution in [3.05, 3.63) is 34.4 Å². The van der Waals surface area contributed by atoms with Gasteiger partial charge in [-0.25, -0.2) is 0 Å². The topological polar surface area (TPSA) is 72.7 Å². The summed E-state index contributed by atoms with van der Waals surface area (Å²) in [6.45, 7) is 2.40. The van der Waals surface area contributed by atoms with Gasteiger partial charge in [-0.05, 0) is 55.0 Å². The van der Waals surface area contributed by atoms with E-state index in [1.54, 1.807) is 0 Å². The maximum atomic E-state index is 12.5. The van der Waals surface area contributed by atoms with Gasteiger partial charge in [0.15, 0.2) is 4.80 Å². The number of benzene rings is 1. The number of halogens is 3. The first-order valence-electron chi connectivity index (χ1n) is 10.6. The number of alkyl halides is 3. The van der Waals surface area contributed by atoms with Gasteiger partial charge in [0.2, 0.25) is 11.8 Å². The third-order valence-electron chi connectivity index (χ3n) is 5.27. The van der Waals surface area contributed by atoms with E-state index in [4.69, 9.17) is 0 Å². The fourth-order valence-corrected chi connectivity index (χ4v) is 4.76. The molecule has 0 unspecified atom stereocenters. The van der Waals surface area contributed by atoms with Gasteiger partial charge in [-0.2, -0.15) is 4.99 Å². The lowest BCUT2D eigenvalue weighted by molar-refractivity contribution is -0.274. The Bertz CT molecular complexity index is 990. The van der Waals surface area contributed by atoms with Gasteiger partial charge >= 0.3 is 6.36 Å². The first kappa shape index (κ1) is 24.0. The molecule has 0 radical (unpaired) electrons. The van der Waals surface area contributed by atoms with E-state index in [-0.39, 0.29) is 17.6 Å². The summed E-state index contributed by atoms with van der Waals surface area (Å²) >= 11 is 1.31. The quantitative estimate of drug-likeness (QED) is 0.572. The Balaban J connectivity index is 1.83. The van der Waals surface area contributed by atoms with Crippen molar-refractivity contribution in [1.82, 2.24) is 9.88 Å². The molecule has 1 aliphatic carbocycles. The predicted molar refractivity (Wildman–Crippen MR) is 115 cm³/mol. The lowest BCUT2D eigenvalue weighted by atomic mass is 10.0. The molecule has 1 saturated carbocycles. The molecular weight excluding hydrogens is 443 g/mol. The Morgan fingerprint density at radius 1 is 1.22 bits per heavy atom. The Morgan fingerprint density at radius 2 is 1.91 bits per heavy atom. The van der Waals surface area contributed by atoms with Gasteiger partial charge in [-0.15, -0.1) is 24.5 Å². The molecule has 32 heavy (non-hydrogen) atoms. The van der Waals surface area contributed by atoms with Crippen molar-refractivity contribution in [2.24, 2.45) is 10.9 Å². The van der Waals surface area contributed by atoms with Crippen LogP contribution >= 0.6 is 11.3 Å². The second-order valence-electron chi connectivity index (χ2n) is 7.82. The van der Waals surface area contributed by atoms with E-state index in [1.807, 2.05) is 9.95 Å². The molecule has 0 bridgehead atoms. The molecule has 1 aromatic heterocycles. The molecule has 3 rings (SSSR count). The number of carbonyl (C=O) groups is 2. The summed E-state index contributed by atoms with van der Waals surface area (Å²) in [5.41, 5.74) is 1.42. The second-order valence-corrected chi connectivity index (χ2v) is 8.66. The number of rotatable bonds is 8. The Morgan fingerprint density at radius 3 is 2.53 bits per heavy atom. The highest BCUT2D eigenvalue weighted by atomic mass is 32.1. The number of aromatic nitrogens is 1. The Kier molecular flexibility index (Phi) is 8.11. The SMILES string of the molecule is CC(=O)NCCCn1c(-c2ccc(OC(F)(F)F)cc2)cs/c1=N\C(=O)CC1CCCC1. The maximum Gasteiger partial charge on any atom is 0.573 e. The average molecular weight is 470 g/mol. The number of thiazole rings is 1. The number of nitrogens with one attached hydrogen (secondary N) is 1. The molecule has 1 N–H and O–H groups in total. The lowest BCUT2D eigenvalue weighted by Crippen LogP contribution is -2.24. The first-order valence-corrected chi connectivity index (χ1v) is 11.5. The molecule has 6 nitrogen and oxygen atoms in total. The Hall–Kier alpha value is -2.62. The summed E-state index contributed by atoms with van der Waals surface area (Å²) in [5, 5.41) is 4.57. The van der Waals surface area contributed by atoms with E-state index in [0.29, 0.717) is 42.2 Å². The minimum atomic E-state index is -4.75. The zero-order valence-electron chi connectivity index (χ0n) is 17.8. The molecule has 2 amide bonds. The number of amides is 2. The van der Waals surface area contributed by atoms with Crippen LogP contribution < -0.4 is 14.9 Å². The molecule has 0 saturated heterocycles. The summed E-state index contributed by atoms with van der Waals surface area (Å²) in [4.78, 5) is 28.5. The van der Waals surface area contributed by atoms with Crippen LogP contribution in [0, 0.1) is 5.92 Å². The molecule has 0 atom stereocenters. The third kappa shape index (κ3) is 7.22. The Labute approximate surface area is 188 Å². The molecule has 1 aromatic carbocycles. The van der Waals surface area contributed by atoms with Crippen molar-refractivity contribution in [2.45, 2.75) is 58.4 Å². The van der Waals surface area contributed by atoms with Crippen LogP contribution in [-0.2, 0) is 16.1 Å². The maximum absolute atomic E-state index is 12.5. The van der Waals surface area contributed by atoms with Crippen LogP contribution in [0.3, 0.4) is 0 Å². The first-order chi connectivity index (χ1) is 15.2. The number of carbonyl (C=O) groups excluding carboxylic acids is 2. The molecule has 10 heteroatoms. The van der Waals surface area contributed by atoms with Crippen LogP contribution in [0.2, 0.25) is 0 Å². The normalized spacial score (nSPS) is 15.2. The standard InChI is InChI=1S/C22H26F3N3O3S/c1-15(29)26-11-4-12-28-19(17-7-9-18(10-8-17)31-22(23,24)25)14-32-21(28)27-20(30)13-16-5-2-3-6-16/h7-10,14,16H,2-6,11-13H2,1H3,(H,26,29)/b27-21-. The lowest BCUT2D eigenvalue weighted by Gasteiger charge is -2.11. The van der Waals surface area contributed by atoms with E-state index in [0.717, 1.165) is 31.4 Å². The van der Waals surface area contributed by atoms with Gasteiger partial charge < -0.3 is 14.6 Å². The van der Waals surface area contributed by atoms with Gasteiger partial charge in [0.05, 0.1) is 5.69 Å². The largest absolute Gasteiger partial charge is 0.573 e. The number of nitrogens with zero attached hydrogens (tertiary/aromatic N) is 2. The molecule has 1 fully saturated rings. The van der Waals surface area contributed by atoms with Crippen molar-refractivity contribution < 1.29 is 27.5 Å². The molecule has 1 aliphatic rings. The molecule has 174 valence electrons. The number of ether oxygens (including phenoxy) is 1. The summed E-state index contributed by atoms with van der Waals surface area (Å²) in [6.07, 6.45) is 0.709. The van der Waals surface area contributed by atoms with Crippen molar-refractivity contribution in [1.29, 1.82) is 0 Å². The molecule has 0 aliphatic heterocycles. The second kappa shape index (κ2) is 10.8. The van der Waals surface area contributed by atoms with E-state index in [1.165, 1.54) is 42.5 Å². The van der Waals surface area contributed by atoms with Gasteiger partial charge in [-0.1, -0.05) is 12.8 Å². The monoisotopic (exact) mass is 469 g/mol. The van der Waals surface area contributed by atoms with Gasteiger partial charge in [0.25, 0.3) is 0 Å². The van der Waals surface area contributed by atoms with Crippen LogP contribution in [0.4, 0.5) is 13.2 Å². The summed E-state index contributed by atoms with van der Waals surface area (Å²) in [5.74, 6) is -0.197. The summed E-state index contributed by atoms with van der Waals surface area (Å²) in [7, 11) is 0. The van der Waals surface area contributed by atoms with Crippen LogP contribution in [0.15, 0.2) is 34.6 Å². The average Bonchev–Trinajstić information content (AvgIpc) is 3.35. The van der Waals surface area contributed by atoms with Crippen LogP contribution in [0.5, 0.6) is 5.75 Å². The van der Waals surface area contributed by atoms with Crippen LogP contribution in [-0.4, -0.2) is 29.3 Å². The smallest absolute Gasteiger partial charge is 0.406 e. The molecule has 0 spiro atoms. The zero-order chi connectivity index (χ0) is 23.1. The molecule has 1 heterocycles. The minimum absolute atomic E-state index is 0.127. The fourth-order valence-electron chi connectivity index (χ4n) is 3.81. The highest BCUT2D eigenvalue weighted by Gasteiger charge is 2.31. The highest BCUT2D eigenvalue weighted by molar-refractivity contribution is 7.07. The van der Waals surface area contributed by atoms with Gasteiger partial charge in [-0.3, -0.25) is 9.59 Å². The zero-order valence-corrected chi connectivity index (χ0v) is 18.6. The van der Waals surface area contributed by atoms with Crippen molar-refractivity contribution >= 4 is 23.2 Å². The number of hydrogen-bond acceptors (Lipinski definition) is 4. The number of hydrogen-bond donors (Lipinski definition) is 1. The van der Waals surface area contributed by atoms with Crippen LogP contribution in [0.1, 0.15) is 45.4 Å². The van der Waals surface area contributed by atoms with Gasteiger partial charge in [0.1, 0.15) is 5.75 Å². The van der Waals surface area contributed by atoms with Crippen molar-refractivity contribution in [3.63, 3.8) is 0 Å². The van der Waals surface area contributed by atoms with Gasteiger partial charge in [0, 0.05) is 31.8 Å². The fraction of sp³-hybridized carbons (Fsp3) is 0.500.